The van der Waals surface area contributed by atoms with Crippen LogP contribution < -0.4 is 10.6 Å². The summed E-state index contributed by atoms with van der Waals surface area (Å²) in [6.45, 7) is 2.56. The molecule has 1 fully saturated rings. The van der Waals surface area contributed by atoms with E-state index in [4.69, 9.17) is 5.11 Å². The van der Waals surface area contributed by atoms with Gasteiger partial charge in [0.1, 0.15) is 0 Å². The first-order valence-corrected chi connectivity index (χ1v) is 8.86. The zero-order valence-electron chi connectivity index (χ0n) is 14.4. The summed E-state index contributed by atoms with van der Waals surface area (Å²) in [4.78, 5) is 24.5. The molecule has 0 atom stereocenters. The third-order valence-electron chi connectivity index (χ3n) is 4.78. The molecule has 132 valence electrons. The molecule has 1 aromatic carbocycles. The Morgan fingerprint density at radius 1 is 1.08 bits per heavy atom. The Bertz CT molecular complexity index is 546. The maximum atomic E-state index is 12.6. The van der Waals surface area contributed by atoms with Crippen molar-refractivity contribution in [3.8, 4) is 0 Å². The number of carbonyl (C=O) groups is 2. The molecule has 0 aromatic heterocycles. The highest BCUT2D eigenvalue weighted by Gasteiger charge is 2.33. The lowest BCUT2D eigenvalue weighted by Crippen LogP contribution is -2.33. The molecule has 24 heavy (non-hydrogen) atoms. The second-order valence-electron chi connectivity index (χ2n) is 6.84. The van der Waals surface area contributed by atoms with Crippen molar-refractivity contribution < 1.29 is 14.7 Å². The molecule has 0 radical (unpaired) electrons. The summed E-state index contributed by atoms with van der Waals surface area (Å²) in [7, 11) is 0. The molecule has 0 aliphatic heterocycles. The quantitative estimate of drug-likeness (QED) is 0.553. The lowest BCUT2D eigenvalue weighted by Gasteiger charge is -2.26. The fraction of sp³-hybridized carbons (Fsp3) is 0.579. The van der Waals surface area contributed by atoms with E-state index in [0.29, 0.717) is 18.5 Å². The van der Waals surface area contributed by atoms with Crippen LogP contribution in [0.5, 0.6) is 0 Å². The van der Waals surface area contributed by atoms with E-state index in [0.717, 1.165) is 31.4 Å². The lowest BCUT2D eigenvalue weighted by atomic mass is 9.81. The van der Waals surface area contributed by atoms with Gasteiger partial charge in [0, 0.05) is 29.8 Å². The van der Waals surface area contributed by atoms with E-state index in [1.165, 1.54) is 12.8 Å². The van der Waals surface area contributed by atoms with Gasteiger partial charge in [0.05, 0.1) is 0 Å². The average Bonchev–Trinajstić information content (AvgIpc) is 2.81. The number of benzene rings is 1. The van der Waals surface area contributed by atoms with Crippen LogP contribution in [-0.4, -0.2) is 30.1 Å². The summed E-state index contributed by atoms with van der Waals surface area (Å²) in [5, 5.41) is 14.5. The van der Waals surface area contributed by atoms with Crippen molar-refractivity contribution in [2.24, 2.45) is 5.41 Å². The van der Waals surface area contributed by atoms with Crippen LogP contribution in [0.2, 0.25) is 0 Å². The van der Waals surface area contributed by atoms with Crippen molar-refractivity contribution >= 4 is 17.5 Å². The second-order valence-corrected chi connectivity index (χ2v) is 6.84. The molecule has 2 amide bonds. The molecule has 1 aromatic rings. The Morgan fingerprint density at radius 3 is 2.29 bits per heavy atom. The highest BCUT2D eigenvalue weighted by Crippen LogP contribution is 2.35. The van der Waals surface area contributed by atoms with Gasteiger partial charge in [0.15, 0.2) is 0 Å². The Labute approximate surface area is 143 Å². The highest BCUT2D eigenvalue weighted by molar-refractivity contribution is 5.97. The van der Waals surface area contributed by atoms with Gasteiger partial charge in [-0.05, 0) is 43.5 Å². The standard InChI is InChI=1S/C19H28N2O3/c1-19(11-4-2-3-5-12-19)18(24)21-16-9-7-15(8-10-16)17(23)20-13-6-14-22/h7-10,22H,2-6,11-14H2,1H3,(H,20,23)(H,21,24). The van der Waals surface area contributed by atoms with Crippen LogP contribution in [0.1, 0.15) is 62.2 Å². The van der Waals surface area contributed by atoms with Crippen molar-refractivity contribution in [3.05, 3.63) is 29.8 Å². The van der Waals surface area contributed by atoms with E-state index in [2.05, 4.69) is 17.6 Å². The van der Waals surface area contributed by atoms with Gasteiger partial charge in [-0.25, -0.2) is 0 Å². The summed E-state index contributed by atoms with van der Waals surface area (Å²) in [6, 6.07) is 6.94. The Hall–Kier alpha value is -1.88. The van der Waals surface area contributed by atoms with Crippen molar-refractivity contribution in [2.45, 2.75) is 51.9 Å². The first-order chi connectivity index (χ1) is 11.5. The molecule has 1 saturated carbocycles. The molecule has 1 aliphatic carbocycles. The SMILES string of the molecule is CC1(C(=O)Nc2ccc(C(=O)NCCCO)cc2)CCCCCC1. The zero-order valence-corrected chi connectivity index (χ0v) is 14.4. The van der Waals surface area contributed by atoms with Crippen molar-refractivity contribution in [1.82, 2.24) is 5.32 Å². The number of aliphatic hydroxyl groups is 1. The molecule has 0 heterocycles. The fourth-order valence-corrected chi connectivity index (χ4v) is 3.11. The van der Waals surface area contributed by atoms with Gasteiger partial charge < -0.3 is 15.7 Å². The Morgan fingerprint density at radius 2 is 1.71 bits per heavy atom. The highest BCUT2D eigenvalue weighted by atomic mass is 16.3. The summed E-state index contributed by atoms with van der Waals surface area (Å²) in [5.41, 5.74) is 0.973. The number of amides is 2. The number of rotatable bonds is 6. The number of hydrogen-bond acceptors (Lipinski definition) is 3. The predicted octanol–water partition coefficient (Wildman–Crippen LogP) is 3.10. The lowest BCUT2D eigenvalue weighted by molar-refractivity contribution is -0.125. The van der Waals surface area contributed by atoms with Gasteiger partial charge in [-0.3, -0.25) is 9.59 Å². The normalized spacial score (nSPS) is 16.9. The number of carbonyl (C=O) groups excluding carboxylic acids is 2. The summed E-state index contributed by atoms with van der Waals surface area (Å²) in [6.07, 6.45) is 7.05. The fourth-order valence-electron chi connectivity index (χ4n) is 3.11. The van der Waals surface area contributed by atoms with Crippen molar-refractivity contribution in [3.63, 3.8) is 0 Å². The topological polar surface area (TPSA) is 78.4 Å². The Kier molecular flexibility index (Phi) is 6.79. The summed E-state index contributed by atoms with van der Waals surface area (Å²) < 4.78 is 0. The molecule has 5 heteroatoms. The van der Waals surface area contributed by atoms with E-state index in [1.54, 1.807) is 24.3 Å². The molecule has 0 unspecified atom stereocenters. The minimum atomic E-state index is -0.295. The monoisotopic (exact) mass is 332 g/mol. The molecule has 3 N–H and O–H groups in total. The van der Waals surface area contributed by atoms with Crippen LogP contribution >= 0.6 is 0 Å². The van der Waals surface area contributed by atoms with Crippen LogP contribution in [0.15, 0.2) is 24.3 Å². The molecular weight excluding hydrogens is 304 g/mol. The van der Waals surface area contributed by atoms with E-state index < -0.39 is 0 Å². The van der Waals surface area contributed by atoms with Gasteiger partial charge in [-0.15, -0.1) is 0 Å². The predicted molar refractivity (Wildman–Crippen MR) is 94.9 cm³/mol. The van der Waals surface area contributed by atoms with E-state index in [-0.39, 0.29) is 23.8 Å². The van der Waals surface area contributed by atoms with Crippen LogP contribution in [0.25, 0.3) is 0 Å². The number of nitrogens with one attached hydrogen (secondary N) is 2. The molecule has 1 aliphatic rings. The van der Waals surface area contributed by atoms with Gasteiger partial charge >= 0.3 is 0 Å². The van der Waals surface area contributed by atoms with Gasteiger partial charge in [0.25, 0.3) is 5.91 Å². The second kappa shape index (κ2) is 8.83. The van der Waals surface area contributed by atoms with E-state index in [9.17, 15) is 9.59 Å². The first kappa shape index (κ1) is 18.5. The third-order valence-corrected chi connectivity index (χ3v) is 4.78. The van der Waals surface area contributed by atoms with E-state index in [1.807, 2.05) is 0 Å². The zero-order chi connectivity index (χ0) is 17.4. The minimum absolute atomic E-state index is 0.0595. The van der Waals surface area contributed by atoms with Crippen LogP contribution in [-0.2, 0) is 4.79 Å². The first-order valence-electron chi connectivity index (χ1n) is 8.86. The summed E-state index contributed by atoms with van der Waals surface area (Å²) in [5.74, 6) is -0.0957. The number of anilines is 1. The van der Waals surface area contributed by atoms with Gasteiger partial charge in [0.2, 0.25) is 5.91 Å². The van der Waals surface area contributed by atoms with Crippen LogP contribution in [0.3, 0.4) is 0 Å². The van der Waals surface area contributed by atoms with Gasteiger partial charge in [-0.2, -0.15) is 0 Å². The number of aliphatic hydroxyl groups excluding tert-OH is 1. The number of hydrogen-bond donors (Lipinski definition) is 3. The smallest absolute Gasteiger partial charge is 0.251 e. The van der Waals surface area contributed by atoms with Crippen LogP contribution in [0, 0.1) is 5.41 Å². The molecule has 5 nitrogen and oxygen atoms in total. The molecule has 0 spiro atoms. The van der Waals surface area contributed by atoms with Crippen LogP contribution in [0.4, 0.5) is 5.69 Å². The minimum Gasteiger partial charge on any atom is -0.396 e. The Balaban J connectivity index is 1.93. The van der Waals surface area contributed by atoms with Gasteiger partial charge in [-0.1, -0.05) is 32.6 Å². The maximum absolute atomic E-state index is 12.6. The maximum Gasteiger partial charge on any atom is 0.251 e. The van der Waals surface area contributed by atoms with E-state index >= 15 is 0 Å². The molecular formula is C19H28N2O3. The molecule has 0 bridgehead atoms. The molecule has 2 rings (SSSR count). The summed E-state index contributed by atoms with van der Waals surface area (Å²) >= 11 is 0. The van der Waals surface area contributed by atoms with Crippen molar-refractivity contribution in [2.75, 3.05) is 18.5 Å². The molecule has 0 saturated heterocycles. The third kappa shape index (κ3) is 5.06. The van der Waals surface area contributed by atoms with Crippen molar-refractivity contribution in [1.29, 1.82) is 0 Å². The average molecular weight is 332 g/mol. The largest absolute Gasteiger partial charge is 0.396 e.